The van der Waals surface area contributed by atoms with E-state index in [0.29, 0.717) is 13.1 Å². The fourth-order valence-corrected chi connectivity index (χ4v) is 2.64. The van der Waals surface area contributed by atoms with Gasteiger partial charge in [0.2, 0.25) is 0 Å². The van der Waals surface area contributed by atoms with E-state index in [1.807, 2.05) is 18.2 Å². The van der Waals surface area contributed by atoms with Crippen LogP contribution in [0.1, 0.15) is 0 Å². The van der Waals surface area contributed by atoms with E-state index in [4.69, 9.17) is 11.5 Å². The summed E-state index contributed by atoms with van der Waals surface area (Å²) in [6, 6.07) is 8.15. The Balaban J connectivity index is 2.36. The van der Waals surface area contributed by atoms with Gasteiger partial charge >= 0.3 is 0 Å². The van der Waals surface area contributed by atoms with Gasteiger partial charge in [0, 0.05) is 31.6 Å². The Hall–Kier alpha value is -1.17. The molecule has 4 N–H and O–H groups in total. The smallest absolute Gasteiger partial charge is 0.120 e. The molecule has 1 aromatic carbocycles. The maximum atomic E-state index is 5.61. The van der Waals surface area contributed by atoms with Crippen molar-refractivity contribution in [2.24, 2.45) is 11.5 Å². The van der Waals surface area contributed by atoms with Crippen LogP contribution in [0.2, 0.25) is 0 Å². The van der Waals surface area contributed by atoms with E-state index in [9.17, 15) is 0 Å². The van der Waals surface area contributed by atoms with E-state index in [1.54, 1.807) is 0 Å². The minimum atomic E-state index is 0.631. The maximum Gasteiger partial charge on any atom is 0.120 e. The van der Waals surface area contributed by atoms with Gasteiger partial charge in [-0.05, 0) is 23.7 Å². The molecule has 0 amide bonds. The lowest BCUT2D eigenvalue weighted by molar-refractivity contribution is 0.791. The predicted molar refractivity (Wildman–Crippen MR) is 69.9 cm³/mol. The topological polar surface area (TPSA) is 68.2 Å². The Morgan fingerprint density at radius 2 is 1.81 bits per heavy atom. The van der Waals surface area contributed by atoms with E-state index in [0.717, 1.165) is 18.6 Å². The summed E-state index contributed by atoms with van der Waals surface area (Å²) < 4.78 is 4.42. The summed E-state index contributed by atoms with van der Waals surface area (Å²) in [4.78, 5) is 2.21. The third-order valence-electron chi connectivity index (χ3n) is 2.45. The van der Waals surface area contributed by atoms with E-state index in [-0.39, 0.29) is 0 Å². The van der Waals surface area contributed by atoms with Gasteiger partial charge in [-0.15, -0.1) is 0 Å². The summed E-state index contributed by atoms with van der Waals surface area (Å²) in [7, 11) is 0. The number of aromatic nitrogens is 1. The van der Waals surface area contributed by atoms with Crippen LogP contribution in [0.3, 0.4) is 0 Å². The Morgan fingerprint density at radius 1 is 1.12 bits per heavy atom. The first-order valence-electron chi connectivity index (χ1n) is 5.36. The van der Waals surface area contributed by atoms with Crippen molar-refractivity contribution in [3.05, 3.63) is 24.3 Å². The van der Waals surface area contributed by atoms with Gasteiger partial charge in [0.1, 0.15) is 5.00 Å². The average molecular weight is 236 g/mol. The summed E-state index contributed by atoms with van der Waals surface area (Å²) in [5.74, 6) is 0. The summed E-state index contributed by atoms with van der Waals surface area (Å²) >= 11 is 1.52. The van der Waals surface area contributed by atoms with Crippen molar-refractivity contribution in [2.75, 3.05) is 31.1 Å². The van der Waals surface area contributed by atoms with Crippen LogP contribution in [0.15, 0.2) is 24.3 Å². The second-order valence-electron chi connectivity index (χ2n) is 3.57. The molecule has 0 bridgehead atoms. The van der Waals surface area contributed by atoms with Crippen molar-refractivity contribution < 1.29 is 0 Å². The predicted octanol–water partition coefficient (Wildman–Crippen LogP) is 1.02. The molecule has 0 saturated heterocycles. The fraction of sp³-hybridized carbons (Fsp3) is 0.364. The second kappa shape index (κ2) is 5.25. The highest BCUT2D eigenvalue weighted by Crippen LogP contribution is 2.30. The number of anilines is 1. The van der Waals surface area contributed by atoms with Crippen LogP contribution >= 0.6 is 11.5 Å². The van der Waals surface area contributed by atoms with Gasteiger partial charge in [-0.25, -0.2) is 0 Å². The molecule has 0 aliphatic heterocycles. The molecule has 0 saturated carbocycles. The Labute approximate surface area is 99.0 Å². The summed E-state index contributed by atoms with van der Waals surface area (Å²) in [6.07, 6.45) is 0. The van der Waals surface area contributed by atoms with Crippen molar-refractivity contribution >= 4 is 27.4 Å². The quantitative estimate of drug-likeness (QED) is 0.813. The van der Waals surface area contributed by atoms with Gasteiger partial charge in [-0.2, -0.15) is 4.37 Å². The van der Waals surface area contributed by atoms with Crippen molar-refractivity contribution in [1.29, 1.82) is 0 Å². The molecule has 16 heavy (non-hydrogen) atoms. The Kier molecular flexibility index (Phi) is 3.71. The fourth-order valence-electron chi connectivity index (χ4n) is 1.73. The van der Waals surface area contributed by atoms with Crippen LogP contribution in [0.25, 0.3) is 10.9 Å². The van der Waals surface area contributed by atoms with Gasteiger partial charge < -0.3 is 16.4 Å². The lowest BCUT2D eigenvalue weighted by Gasteiger charge is -2.21. The van der Waals surface area contributed by atoms with Crippen LogP contribution in [-0.4, -0.2) is 30.6 Å². The zero-order chi connectivity index (χ0) is 11.4. The standard InChI is InChI=1S/C11H16N4S/c12-5-7-15(8-6-13)11-9-3-1-2-4-10(9)14-16-11/h1-4H,5-8,12-13H2. The van der Waals surface area contributed by atoms with Crippen LogP contribution in [0.4, 0.5) is 5.00 Å². The molecule has 0 unspecified atom stereocenters. The first kappa shape index (κ1) is 11.3. The minimum absolute atomic E-state index is 0.631. The van der Waals surface area contributed by atoms with E-state index in [1.165, 1.54) is 21.9 Å². The van der Waals surface area contributed by atoms with E-state index >= 15 is 0 Å². The van der Waals surface area contributed by atoms with Crippen molar-refractivity contribution in [3.63, 3.8) is 0 Å². The van der Waals surface area contributed by atoms with Gasteiger partial charge in [-0.3, -0.25) is 0 Å². The first-order chi connectivity index (χ1) is 7.86. The SMILES string of the molecule is NCCN(CCN)c1snc2ccccc12. The highest BCUT2D eigenvalue weighted by Gasteiger charge is 2.11. The Bertz CT molecular complexity index is 448. The lowest BCUT2D eigenvalue weighted by atomic mass is 10.2. The number of nitrogens with zero attached hydrogens (tertiary/aromatic N) is 2. The molecule has 0 spiro atoms. The summed E-state index contributed by atoms with van der Waals surface area (Å²) in [5.41, 5.74) is 12.3. The Morgan fingerprint density at radius 3 is 2.50 bits per heavy atom. The molecule has 0 fully saturated rings. The average Bonchev–Trinajstić information content (AvgIpc) is 2.72. The number of rotatable bonds is 5. The van der Waals surface area contributed by atoms with E-state index in [2.05, 4.69) is 15.3 Å². The molecule has 1 heterocycles. The number of nitrogens with two attached hydrogens (primary N) is 2. The molecule has 0 atom stereocenters. The zero-order valence-corrected chi connectivity index (χ0v) is 9.91. The molecular formula is C11H16N4S. The van der Waals surface area contributed by atoms with Gasteiger partial charge in [-0.1, -0.05) is 12.1 Å². The molecule has 0 radical (unpaired) electrons. The molecule has 0 aliphatic rings. The number of hydrogen-bond donors (Lipinski definition) is 2. The molecule has 86 valence electrons. The highest BCUT2D eigenvalue weighted by molar-refractivity contribution is 7.11. The summed E-state index contributed by atoms with van der Waals surface area (Å²) in [5, 5.41) is 2.36. The number of benzene rings is 1. The minimum Gasteiger partial charge on any atom is -0.359 e. The monoisotopic (exact) mass is 236 g/mol. The van der Waals surface area contributed by atoms with Crippen LogP contribution in [-0.2, 0) is 0 Å². The molecule has 0 aliphatic carbocycles. The molecule has 1 aromatic heterocycles. The molecule has 2 aromatic rings. The van der Waals surface area contributed by atoms with Crippen LogP contribution in [0.5, 0.6) is 0 Å². The largest absolute Gasteiger partial charge is 0.359 e. The van der Waals surface area contributed by atoms with Gasteiger partial charge in [0.15, 0.2) is 0 Å². The number of hydrogen-bond acceptors (Lipinski definition) is 5. The van der Waals surface area contributed by atoms with E-state index < -0.39 is 0 Å². The second-order valence-corrected chi connectivity index (χ2v) is 4.32. The number of fused-ring (bicyclic) bond motifs is 1. The summed E-state index contributed by atoms with van der Waals surface area (Å²) in [6.45, 7) is 2.91. The van der Waals surface area contributed by atoms with Crippen LogP contribution in [0, 0.1) is 0 Å². The van der Waals surface area contributed by atoms with Crippen molar-refractivity contribution in [3.8, 4) is 0 Å². The zero-order valence-electron chi connectivity index (χ0n) is 9.10. The van der Waals surface area contributed by atoms with Crippen molar-refractivity contribution in [2.45, 2.75) is 0 Å². The third kappa shape index (κ3) is 2.16. The highest BCUT2D eigenvalue weighted by atomic mass is 32.1. The van der Waals surface area contributed by atoms with Gasteiger partial charge in [0.05, 0.1) is 5.52 Å². The van der Waals surface area contributed by atoms with Crippen LogP contribution < -0.4 is 16.4 Å². The molecule has 5 heteroatoms. The van der Waals surface area contributed by atoms with Gasteiger partial charge in [0.25, 0.3) is 0 Å². The maximum absolute atomic E-state index is 5.61. The molecule has 2 rings (SSSR count). The normalized spacial score (nSPS) is 10.9. The molecular weight excluding hydrogens is 220 g/mol. The van der Waals surface area contributed by atoms with Crippen molar-refractivity contribution in [1.82, 2.24) is 4.37 Å². The first-order valence-corrected chi connectivity index (χ1v) is 6.13. The molecule has 4 nitrogen and oxygen atoms in total. The third-order valence-corrected chi connectivity index (χ3v) is 3.39. The lowest BCUT2D eigenvalue weighted by Crippen LogP contribution is -2.33.